The molecule has 8 nitrogen and oxygen atoms in total. The molecule has 3 aromatic heterocycles. The molecule has 4 heterocycles. The van der Waals surface area contributed by atoms with Crippen molar-refractivity contribution in [2.45, 2.75) is 67.3 Å². The number of hydrogen-bond acceptors (Lipinski definition) is 7. The first-order valence-electron chi connectivity index (χ1n) is 14.8. The van der Waals surface area contributed by atoms with Gasteiger partial charge in [0.05, 0.1) is 28.4 Å². The minimum Gasteiger partial charge on any atom is -0.378 e. The number of thiazole rings is 1. The third-order valence-corrected chi connectivity index (χ3v) is 8.68. The van der Waals surface area contributed by atoms with E-state index in [1.54, 1.807) is 11.3 Å². The molecule has 1 saturated heterocycles. The van der Waals surface area contributed by atoms with E-state index in [0.717, 1.165) is 81.3 Å². The van der Waals surface area contributed by atoms with Gasteiger partial charge < -0.3 is 19.9 Å². The van der Waals surface area contributed by atoms with Gasteiger partial charge in [-0.15, -0.1) is 11.3 Å². The van der Waals surface area contributed by atoms with E-state index in [9.17, 15) is 9.59 Å². The molecule has 9 heteroatoms. The largest absolute Gasteiger partial charge is 0.378 e. The van der Waals surface area contributed by atoms with Crippen LogP contribution in [0.3, 0.4) is 0 Å². The lowest BCUT2D eigenvalue weighted by Gasteiger charge is -2.27. The zero-order chi connectivity index (χ0) is 30.0. The number of rotatable bonds is 8. The third-order valence-electron chi connectivity index (χ3n) is 7.59. The van der Waals surface area contributed by atoms with Crippen LogP contribution in [-0.4, -0.2) is 47.2 Å². The molecule has 1 aromatic carbocycles. The number of carbonyl (C=O) groups excluding carboxylic acids is 1. The lowest BCUT2D eigenvalue weighted by molar-refractivity contribution is 0.0950. The molecule has 0 unspecified atom stereocenters. The normalized spacial score (nSPS) is 14.0. The maximum atomic E-state index is 13.7. The summed E-state index contributed by atoms with van der Waals surface area (Å²) in [4.78, 5) is 41.5. The number of fused-ring (bicyclic) bond motifs is 1. The molecule has 0 aliphatic carbocycles. The van der Waals surface area contributed by atoms with Crippen LogP contribution in [0, 0.1) is 19.3 Å². The number of nitrogens with zero attached hydrogens (tertiary/aromatic N) is 3. The molecular weight excluding hydrogens is 546 g/mol. The van der Waals surface area contributed by atoms with E-state index in [1.807, 2.05) is 38.2 Å². The first kappa shape index (κ1) is 29.9. The lowest BCUT2D eigenvalue weighted by Crippen LogP contribution is -2.36. The van der Waals surface area contributed by atoms with E-state index < -0.39 is 0 Å². The van der Waals surface area contributed by atoms with Crippen LogP contribution in [0.2, 0.25) is 0 Å². The molecule has 222 valence electrons. The Morgan fingerprint density at radius 2 is 1.93 bits per heavy atom. The fourth-order valence-electron chi connectivity index (χ4n) is 5.49. The highest BCUT2D eigenvalue weighted by molar-refractivity contribution is 7.19. The number of benzene rings is 1. The average Bonchev–Trinajstić information content (AvgIpc) is 3.36. The van der Waals surface area contributed by atoms with Gasteiger partial charge in [0.15, 0.2) is 0 Å². The van der Waals surface area contributed by atoms with Gasteiger partial charge in [-0.2, -0.15) is 0 Å². The summed E-state index contributed by atoms with van der Waals surface area (Å²) in [7, 11) is 0. The second kappa shape index (κ2) is 12.4. The van der Waals surface area contributed by atoms with E-state index in [4.69, 9.17) is 14.7 Å². The number of aryl methyl sites for hydroxylation is 3. The summed E-state index contributed by atoms with van der Waals surface area (Å²) in [5, 5.41) is 4.09. The highest BCUT2D eigenvalue weighted by Gasteiger charge is 2.23. The van der Waals surface area contributed by atoms with Crippen LogP contribution >= 0.6 is 11.3 Å². The highest BCUT2D eigenvalue weighted by atomic mass is 32.1. The van der Waals surface area contributed by atoms with Gasteiger partial charge in [0.1, 0.15) is 5.82 Å². The summed E-state index contributed by atoms with van der Waals surface area (Å²) in [5.41, 5.74) is 6.48. The Morgan fingerprint density at radius 1 is 1.17 bits per heavy atom. The van der Waals surface area contributed by atoms with Crippen molar-refractivity contribution in [3.05, 3.63) is 73.8 Å². The fraction of sp³-hybridized carbons (Fsp3) is 0.455. The Balaban J connectivity index is 1.53. The van der Waals surface area contributed by atoms with Crippen molar-refractivity contribution in [3.63, 3.8) is 0 Å². The molecule has 42 heavy (non-hydrogen) atoms. The summed E-state index contributed by atoms with van der Waals surface area (Å²) in [6.07, 6.45) is 4.44. The Kier molecular flexibility index (Phi) is 8.80. The third kappa shape index (κ3) is 6.57. The van der Waals surface area contributed by atoms with Crippen molar-refractivity contribution in [2.24, 2.45) is 5.41 Å². The average molecular weight is 588 g/mol. The zero-order valence-corrected chi connectivity index (χ0v) is 26.3. The zero-order valence-electron chi connectivity index (χ0n) is 25.5. The number of nitrogens with one attached hydrogen (secondary N) is 2. The number of anilines is 1. The van der Waals surface area contributed by atoms with Crippen molar-refractivity contribution in [1.82, 2.24) is 20.3 Å². The van der Waals surface area contributed by atoms with Gasteiger partial charge in [-0.05, 0) is 61.1 Å². The lowest BCUT2D eigenvalue weighted by atomic mass is 9.93. The summed E-state index contributed by atoms with van der Waals surface area (Å²) in [6.45, 7) is 15.8. The Bertz CT molecular complexity index is 1640. The maximum Gasteiger partial charge on any atom is 0.253 e. The SMILES string of the molecule is CCCc1cc(C)[nH]c(=O)c1CNC(=O)c1cc(-c2ccc(N3CCOCC3)nc2)c2sc(CC(C)(C)C)nc2c1C. The van der Waals surface area contributed by atoms with Gasteiger partial charge in [0, 0.05) is 60.2 Å². The predicted octanol–water partition coefficient (Wildman–Crippen LogP) is 5.97. The summed E-state index contributed by atoms with van der Waals surface area (Å²) < 4.78 is 6.55. The molecule has 1 aliphatic rings. The second-order valence-corrected chi connectivity index (χ2v) is 13.4. The second-order valence-electron chi connectivity index (χ2n) is 12.3. The van der Waals surface area contributed by atoms with Gasteiger partial charge >= 0.3 is 0 Å². The molecule has 2 N–H and O–H groups in total. The Morgan fingerprint density at radius 3 is 2.60 bits per heavy atom. The number of pyridine rings is 2. The number of morpholine rings is 1. The van der Waals surface area contributed by atoms with Crippen LogP contribution in [0.25, 0.3) is 21.3 Å². The van der Waals surface area contributed by atoms with Crippen molar-refractivity contribution < 1.29 is 9.53 Å². The molecule has 5 rings (SSSR count). The molecule has 0 spiro atoms. The topological polar surface area (TPSA) is 100 Å². The Hall–Kier alpha value is -3.56. The number of aromatic amines is 1. The van der Waals surface area contributed by atoms with Crippen molar-refractivity contribution in [2.75, 3.05) is 31.2 Å². The molecule has 0 atom stereocenters. The smallest absolute Gasteiger partial charge is 0.253 e. The van der Waals surface area contributed by atoms with Crippen molar-refractivity contribution in [1.29, 1.82) is 0 Å². The van der Waals surface area contributed by atoms with Crippen LogP contribution in [0.15, 0.2) is 35.3 Å². The van der Waals surface area contributed by atoms with Gasteiger partial charge in [-0.1, -0.05) is 34.1 Å². The molecule has 0 saturated carbocycles. The van der Waals surface area contributed by atoms with E-state index in [-0.39, 0.29) is 23.4 Å². The number of hydrogen-bond donors (Lipinski definition) is 2. The van der Waals surface area contributed by atoms with Crippen LogP contribution < -0.4 is 15.8 Å². The minimum atomic E-state index is -0.221. The fourth-order valence-corrected chi connectivity index (χ4v) is 6.95. The molecule has 1 aliphatic heterocycles. The molecular formula is C33H41N5O3S. The van der Waals surface area contributed by atoms with E-state index in [0.29, 0.717) is 24.3 Å². The highest BCUT2D eigenvalue weighted by Crippen LogP contribution is 2.38. The van der Waals surface area contributed by atoms with E-state index >= 15 is 0 Å². The minimum absolute atomic E-state index is 0.0841. The molecule has 0 bridgehead atoms. The standard InChI is InChI=1S/C33H41N5O3S/c1-7-8-22-15-20(2)36-32(40)26(22)19-35-31(39)24-16-25(23-9-10-27(34-18-23)38-11-13-41-14-12-38)30-29(21(24)3)37-28(42-30)17-33(4,5)6/h9-10,15-16,18H,7-8,11-14,17,19H2,1-6H3,(H,35,39)(H,36,40). The monoisotopic (exact) mass is 587 g/mol. The van der Waals surface area contributed by atoms with Crippen LogP contribution in [0.1, 0.15) is 71.9 Å². The number of H-pyrrole nitrogens is 1. The molecule has 0 radical (unpaired) electrons. The maximum absolute atomic E-state index is 13.7. The predicted molar refractivity (Wildman–Crippen MR) is 171 cm³/mol. The number of carbonyl (C=O) groups is 1. The van der Waals surface area contributed by atoms with Crippen molar-refractivity contribution >= 4 is 33.3 Å². The van der Waals surface area contributed by atoms with Gasteiger partial charge in [0.2, 0.25) is 0 Å². The van der Waals surface area contributed by atoms with E-state index in [2.05, 4.69) is 49.0 Å². The number of ether oxygens (including phenoxy) is 1. The first-order chi connectivity index (χ1) is 20.0. The van der Waals surface area contributed by atoms with E-state index in [1.165, 1.54) is 0 Å². The summed E-state index contributed by atoms with van der Waals surface area (Å²) in [5.74, 6) is 0.702. The molecule has 1 amide bonds. The van der Waals surface area contributed by atoms with Gasteiger partial charge in [-0.3, -0.25) is 9.59 Å². The van der Waals surface area contributed by atoms with Crippen LogP contribution in [0.4, 0.5) is 5.82 Å². The summed E-state index contributed by atoms with van der Waals surface area (Å²) >= 11 is 1.69. The van der Waals surface area contributed by atoms with Crippen LogP contribution in [0.5, 0.6) is 0 Å². The Labute approximate surface area is 251 Å². The number of amides is 1. The van der Waals surface area contributed by atoms with Crippen molar-refractivity contribution in [3.8, 4) is 11.1 Å². The van der Waals surface area contributed by atoms with Crippen LogP contribution in [-0.2, 0) is 24.1 Å². The molecule has 4 aromatic rings. The molecule has 1 fully saturated rings. The summed E-state index contributed by atoms with van der Waals surface area (Å²) in [6, 6.07) is 8.09. The van der Waals surface area contributed by atoms with Gasteiger partial charge in [-0.25, -0.2) is 9.97 Å². The quantitative estimate of drug-likeness (QED) is 0.263. The van der Waals surface area contributed by atoms with Gasteiger partial charge in [0.25, 0.3) is 11.5 Å². The first-order valence-corrected chi connectivity index (χ1v) is 15.6. The number of aromatic nitrogens is 3.